The molecular weight excluding hydrogens is 515 g/mol. The number of carbonyl (C=O) groups is 1. The third-order valence-corrected chi connectivity index (χ3v) is 7.47. The van der Waals surface area contributed by atoms with Crippen molar-refractivity contribution in [3.63, 3.8) is 0 Å². The Balaban J connectivity index is 1.27. The maximum Gasteiger partial charge on any atom is 0.416 e. The number of piperidine rings is 1. The molecule has 4 heterocycles. The number of nitrogens with one attached hydrogen (secondary N) is 1. The quantitative estimate of drug-likeness (QED) is 0.618. The molecule has 1 aromatic heterocycles. The zero-order chi connectivity index (χ0) is 26.4. The number of alkyl halides is 3. The lowest BCUT2D eigenvalue weighted by atomic mass is 10.1. The molecule has 3 aliphatic rings. The summed E-state index contributed by atoms with van der Waals surface area (Å²) in [4.78, 5) is 16.4. The molecule has 3 saturated heterocycles. The van der Waals surface area contributed by atoms with Gasteiger partial charge < -0.3 is 19.3 Å². The number of hydrogen-bond acceptors (Lipinski definition) is 7. The van der Waals surface area contributed by atoms with Crippen LogP contribution >= 0.6 is 0 Å². The van der Waals surface area contributed by atoms with Gasteiger partial charge in [-0.25, -0.2) is 13.2 Å². The number of amides is 1. The van der Waals surface area contributed by atoms with Crippen LogP contribution in [0.1, 0.15) is 31.2 Å². The first-order valence-corrected chi connectivity index (χ1v) is 13.9. The second-order valence-corrected chi connectivity index (χ2v) is 11.4. The number of hydrogen-bond donors (Lipinski definition) is 1. The number of benzene rings is 1. The van der Waals surface area contributed by atoms with Gasteiger partial charge in [0, 0.05) is 38.2 Å². The number of ether oxygens (including phenoxy) is 2. The summed E-state index contributed by atoms with van der Waals surface area (Å²) in [6.45, 7) is 1.66. The molecule has 2 bridgehead atoms. The second-order valence-electron chi connectivity index (χ2n) is 9.62. The van der Waals surface area contributed by atoms with Crippen molar-refractivity contribution in [2.45, 2.75) is 50.0 Å². The largest absolute Gasteiger partial charge is 0.488 e. The third kappa shape index (κ3) is 5.64. The monoisotopic (exact) mass is 543 g/mol. The average Bonchev–Trinajstić information content (AvgIpc) is 3.38. The van der Waals surface area contributed by atoms with E-state index >= 15 is 0 Å². The molecular formula is C23H28F3N5O5S. The summed E-state index contributed by atoms with van der Waals surface area (Å²) >= 11 is 0. The number of nitrogens with zero attached hydrogens (tertiary/aromatic N) is 4. The van der Waals surface area contributed by atoms with Gasteiger partial charge in [0.15, 0.2) is 5.82 Å². The van der Waals surface area contributed by atoms with Crippen molar-refractivity contribution in [3.05, 3.63) is 36.0 Å². The first-order valence-electron chi connectivity index (χ1n) is 12.0. The Morgan fingerprint density at radius 3 is 2.41 bits per heavy atom. The summed E-state index contributed by atoms with van der Waals surface area (Å²) in [5, 5.41) is 3.97. The summed E-state index contributed by atoms with van der Waals surface area (Å²) < 4.78 is 78.4. The third-order valence-electron chi connectivity index (χ3n) is 6.89. The van der Waals surface area contributed by atoms with Crippen LogP contribution in [0.4, 0.5) is 29.5 Å². The topological polar surface area (TPSA) is 106 Å². The minimum atomic E-state index is -4.46. The molecule has 5 rings (SSSR count). The lowest BCUT2D eigenvalue weighted by Crippen LogP contribution is -2.46. The molecule has 37 heavy (non-hydrogen) atoms. The van der Waals surface area contributed by atoms with Gasteiger partial charge in [-0.3, -0.25) is 4.72 Å². The zero-order valence-corrected chi connectivity index (χ0v) is 21.0. The molecule has 0 aliphatic carbocycles. The Kier molecular flexibility index (Phi) is 6.73. The highest BCUT2D eigenvalue weighted by Crippen LogP contribution is 2.43. The van der Waals surface area contributed by atoms with Crippen LogP contribution in [0.3, 0.4) is 0 Å². The lowest BCUT2D eigenvalue weighted by Gasteiger charge is -2.38. The number of likely N-dealkylation sites (tertiary alicyclic amines) is 1. The van der Waals surface area contributed by atoms with Crippen molar-refractivity contribution < 1.29 is 35.9 Å². The second kappa shape index (κ2) is 9.71. The predicted octanol–water partition coefficient (Wildman–Crippen LogP) is 3.15. The first kappa shape index (κ1) is 25.6. The van der Waals surface area contributed by atoms with Crippen molar-refractivity contribution in [1.82, 2.24) is 14.7 Å². The summed E-state index contributed by atoms with van der Waals surface area (Å²) in [5.74, 6) is 0.445. The molecule has 10 nitrogen and oxygen atoms in total. The summed E-state index contributed by atoms with van der Waals surface area (Å²) in [7, 11) is -3.52. The van der Waals surface area contributed by atoms with Gasteiger partial charge in [0.1, 0.15) is 11.9 Å². The zero-order valence-electron chi connectivity index (χ0n) is 20.1. The van der Waals surface area contributed by atoms with Crippen molar-refractivity contribution >= 4 is 27.6 Å². The average molecular weight is 544 g/mol. The number of anilines is 2. The van der Waals surface area contributed by atoms with Crippen molar-refractivity contribution in [3.8, 4) is 5.75 Å². The Bertz CT molecular complexity index is 1240. The van der Waals surface area contributed by atoms with Crippen molar-refractivity contribution in [1.29, 1.82) is 0 Å². The molecule has 3 aliphatic heterocycles. The number of aromatic nitrogens is 2. The maximum atomic E-state index is 13.5. The van der Waals surface area contributed by atoms with E-state index in [4.69, 9.17) is 9.47 Å². The molecule has 2 atom stereocenters. The van der Waals surface area contributed by atoms with Gasteiger partial charge in [0.05, 0.1) is 42.8 Å². The number of sulfonamides is 1. The van der Waals surface area contributed by atoms with Crippen LogP contribution in [-0.4, -0.2) is 79.9 Å². The number of halogens is 3. The van der Waals surface area contributed by atoms with E-state index in [1.165, 1.54) is 24.4 Å². The minimum Gasteiger partial charge on any atom is -0.488 e. The highest BCUT2D eigenvalue weighted by Gasteiger charge is 2.40. The first-order chi connectivity index (χ1) is 17.5. The maximum absolute atomic E-state index is 13.5. The fourth-order valence-corrected chi connectivity index (χ4v) is 5.67. The molecule has 0 saturated carbocycles. The van der Waals surface area contributed by atoms with E-state index in [0.717, 1.165) is 29.8 Å². The molecule has 2 aromatic rings. The van der Waals surface area contributed by atoms with Gasteiger partial charge in [-0.05, 0) is 31.0 Å². The Morgan fingerprint density at radius 1 is 1.11 bits per heavy atom. The van der Waals surface area contributed by atoms with Gasteiger partial charge in [-0.2, -0.15) is 17.9 Å². The molecule has 1 N–H and O–H groups in total. The summed E-state index contributed by atoms with van der Waals surface area (Å²) in [6, 6.07) is 4.62. The molecule has 3 fully saturated rings. The molecule has 0 spiro atoms. The van der Waals surface area contributed by atoms with E-state index in [1.54, 1.807) is 4.90 Å². The minimum absolute atomic E-state index is 0.0141. The molecule has 14 heteroatoms. The molecule has 1 amide bonds. The van der Waals surface area contributed by atoms with Crippen LogP contribution in [0.2, 0.25) is 0 Å². The molecule has 202 valence electrons. The van der Waals surface area contributed by atoms with Crippen LogP contribution in [0.15, 0.2) is 30.5 Å². The molecule has 1 aromatic carbocycles. The Labute approximate surface area is 212 Å². The SMILES string of the molecule is CS(=O)(=O)Nc1ccn(C(=O)N2CCC(Oc3ccc(C(F)(F)F)cc3N3C4CCC3COC4)CC2)n1. The lowest BCUT2D eigenvalue weighted by molar-refractivity contribution is -0.137. The molecule has 2 unspecified atom stereocenters. The highest BCUT2D eigenvalue weighted by molar-refractivity contribution is 7.92. The predicted molar refractivity (Wildman–Crippen MR) is 128 cm³/mol. The smallest absolute Gasteiger partial charge is 0.416 e. The van der Waals surface area contributed by atoms with Gasteiger partial charge in [-0.15, -0.1) is 5.10 Å². The van der Waals surface area contributed by atoms with E-state index in [-0.39, 0.29) is 24.0 Å². The van der Waals surface area contributed by atoms with Gasteiger partial charge >= 0.3 is 12.2 Å². The Hall–Kier alpha value is -3.00. The van der Waals surface area contributed by atoms with Crippen LogP contribution in [0, 0.1) is 0 Å². The van der Waals surface area contributed by atoms with E-state index in [9.17, 15) is 26.4 Å². The van der Waals surface area contributed by atoms with E-state index in [2.05, 4.69) is 9.82 Å². The highest BCUT2D eigenvalue weighted by atomic mass is 32.2. The number of rotatable bonds is 5. The fraction of sp³-hybridized carbons (Fsp3) is 0.565. The van der Waals surface area contributed by atoms with Gasteiger partial charge in [0.2, 0.25) is 10.0 Å². The number of morpholine rings is 1. The number of fused-ring (bicyclic) bond motifs is 2. The number of carbonyl (C=O) groups excluding carboxylic acids is 1. The van der Waals surface area contributed by atoms with E-state index < -0.39 is 27.8 Å². The van der Waals surface area contributed by atoms with Crippen LogP contribution in [-0.2, 0) is 20.9 Å². The van der Waals surface area contributed by atoms with Crippen molar-refractivity contribution in [2.24, 2.45) is 0 Å². The normalized spacial score (nSPS) is 22.8. The summed E-state index contributed by atoms with van der Waals surface area (Å²) in [6.07, 6.45) is 0.307. The van der Waals surface area contributed by atoms with Gasteiger partial charge in [-0.1, -0.05) is 0 Å². The van der Waals surface area contributed by atoms with Crippen LogP contribution in [0.5, 0.6) is 5.75 Å². The van der Waals surface area contributed by atoms with Gasteiger partial charge in [0.25, 0.3) is 0 Å². The summed E-state index contributed by atoms with van der Waals surface area (Å²) in [5.41, 5.74) is -0.281. The van der Waals surface area contributed by atoms with E-state index in [0.29, 0.717) is 50.6 Å². The fourth-order valence-electron chi connectivity index (χ4n) is 5.18. The Morgan fingerprint density at radius 2 is 1.78 bits per heavy atom. The standard InChI is InChI=1S/C23H28F3N5O5S/c1-37(33,34)28-21-8-11-30(27-21)22(32)29-9-6-18(7-10-29)36-20-5-2-15(23(24,25)26)12-19(20)31-16-3-4-17(31)14-35-13-16/h2,5,8,11-12,16-18H,3-4,6-7,9-10,13-14H2,1H3,(H,27,28). The van der Waals surface area contributed by atoms with Crippen LogP contribution < -0.4 is 14.4 Å². The van der Waals surface area contributed by atoms with Crippen LogP contribution in [0.25, 0.3) is 0 Å². The van der Waals surface area contributed by atoms with E-state index in [1.807, 2.05) is 4.90 Å². The van der Waals surface area contributed by atoms with Crippen molar-refractivity contribution in [2.75, 3.05) is 42.2 Å². The molecule has 0 radical (unpaired) electrons.